The molecule has 90 valence electrons. The summed E-state index contributed by atoms with van der Waals surface area (Å²) in [6, 6.07) is 0.750. The summed E-state index contributed by atoms with van der Waals surface area (Å²) in [5.41, 5.74) is 0. The van der Waals surface area contributed by atoms with Crippen LogP contribution in [0.3, 0.4) is 0 Å². The van der Waals surface area contributed by atoms with Gasteiger partial charge in [0.2, 0.25) is 0 Å². The molecule has 1 aliphatic carbocycles. The zero-order valence-corrected chi connectivity index (χ0v) is 10.4. The van der Waals surface area contributed by atoms with E-state index < -0.39 is 0 Å². The SMILES string of the molecule is Cc1nccn1CCNC1CCC(C)CC1. The van der Waals surface area contributed by atoms with Crippen LogP contribution in [0.5, 0.6) is 0 Å². The lowest BCUT2D eigenvalue weighted by Gasteiger charge is -2.27. The van der Waals surface area contributed by atoms with Gasteiger partial charge in [-0.2, -0.15) is 0 Å². The average molecular weight is 221 g/mol. The van der Waals surface area contributed by atoms with E-state index in [1.54, 1.807) is 0 Å². The molecule has 3 nitrogen and oxygen atoms in total. The Morgan fingerprint density at radius 2 is 2.12 bits per heavy atom. The highest BCUT2D eigenvalue weighted by Crippen LogP contribution is 2.23. The first kappa shape index (κ1) is 11.6. The normalized spacial score (nSPS) is 25.9. The van der Waals surface area contributed by atoms with Crippen molar-refractivity contribution in [1.29, 1.82) is 0 Å². The molecule has 0 aromatic carbocycles. The molecule has 1 aromatic heterocycles. The quantitative estimate of drug-likeness (QED) is 0.846. The Morgan fingerprint density at radius 3 is 2.75 bits per heavy atom. The lowest BCUT2D eigenvalue weighted by atomic mass is 9.87. The highest BCUT2D eigenvalue weighted by Gasteiger charge is 2.17. The fraction of sp³-hybridized carbons (Fsp3) is 0.769. The van der Waals surface area contributed by atoms with Gasteiger partial charge in [0.25, 0.3) is 0 Å². The minimum Gasteiger partial charge on any atom is -0.334 e. The molecule has 1 saturated carbocycles. The molecule has 0 spiro atoms. The molecule has 2 rings (SSSR count). The third-order valence-electron chi connectivity index (χ3n) is 3.73. The van der Waals surface area contributed by atoms with Crippen molar-refractivity contribution in [3.8, 4) is 0 Å². The summed E-state index contributed by atoms with van der Waals surface area (Å²) in [6.07, 6.45) is 9.41. The van der Waals surface area contributed by atoms with Crippen LogP contribution in [0.25, 0.3) is 0 Å². The molecule has 0 saturated heterocycles. The number of nitrogens with one attached hydrogen (secondary N) is 1. The number of aryl methyl sites for hydroxylation is 1. The van der Waals surface area contributed by atoms with Gasteiger partial charge in [-0.3, -0.25) is 0 Å². The zero-order chi connectivity index (χ0) is 11.4. The second-order valence-corrected chi connectivity index (χ2v) is 5.08. The summed E-state index contributed by atoms with van der Waals surface area (Å²) in [5, 5.41) is 3.66. The average Bonchev–Trinajstić information content (AvgIpc) is 2.68. The summed E-state index contributed by atoms with van der Waals surface area (Å²) in [5.74, 6) is 2.05. The van der Waals surface area contributed by atoms with Gasteiger partial charge < -0.3 is 9.88 Å². The van der Waals surface area contributed by atoms with Crippen molar-refractivity contribution in [2.45, 2.75) is 52.1 Å². The van der Waals surface area contributed by atoms with Crippen molar-refractivity contribution < 1.29 is 0 Å². The van der Waals surface area contributed by atoms with Crippen LogP contribution in [0.4, 0.5) is 0 Å². The van der Waals surface area contributed by atoms with Crippen molar-refractivity contribution >= 4 is 0 Å². The van der Waals surface area contributed by atoms with Gasteiger partial charge in [-0.15, -0.1) is 0 Å². The minimum atomic E-state index is 0.750. The van der Waals surface area contributed by atoms with Gasteiger partial charge in [0.1, 0.15) is 5.82 Å². The van der Waals surface area contributed by atoms with Crippen molar-refractivity contribution in [2.24, 2.45) is 5.92 Å². The molecule has 0 amide bonds. The number of rotatable bonds is 4. The van der Waals surface area contributed by atoms with Gasteiger partial charge in [0.15, 0.2) is 0 Å². The maximum atomic E-state index is 4.23. The summed E-state index contributed by atoms with van der Waals surface area (Å²) in [6.45, 7) is 6.53. The summed E-state index contributed by atoms with van der Waals surface area (Å²) in [7, 11) is 0. The van der Waals surface area contributed by atoms with E-state index in [9.17, 15) is 0 Å². The van der Waals surface area contributed by atoms with Gasteiger partial charge in [-0.1, -0.05) is 6.92 Å². The second kappa shape index (κ2) is 5.48. The third kappa shape index (κ3) is 3.08. The van der Waals surface area contributed by atoms with Crippen LogP contribution < -0.4 is 5.32 Å². The van der Waals surface area contributed by atoms with Gasteiger partial charge in [-0.05, 0) is 38.5 Å². The molecule has 0 radical (unpaired) electrons. The van der Waals surface area contributed by atoms with E-state index in [0.29, 0.717) is 0 Å². The summed E-state index contributed by atoms with van der Waals surface area (Å²) in [4.78, 5) is 4.23. The Morgan fingerprint density at radius 1 is 1.38 bits per heavy atom. The number of aromatic nitrogens is 2. The third-order valence-corrected chi connectivity index (χ3v) is 3.73. The van der Waals surface area contributed by atoms with Gasteiger partial charge >= 0.3 is 0 Å². The molecule has 1 N–H and O–H groups in total. The fourth-order valence-corrected chi connectivity index (χ4v) is 2.49. The molecule has 0 bridgehead atoms. The molecular formula is C13H23N3. The Balaban J connectivity index is 1.67. The van der Waals surface area contributed by atoms with Crippen LogP contribution in [0.1, 0.15) is 38.4 Å². The summed E-state index contributed by atoms with van der Waals surface area (Å²) >= 11 is 0. The molecule has 1 heterocycles. The van der Waals surface area contributed by atoms with Crippen molar-refractivity contribution in [2.75, 3.05) is 6.54 Å². The predicted octanol–water partition coefficient (Wildman–Crippen LogP) is 2.36. The first-order chi connectivity index (χ1) is 7.75. The van der Waals surface area contributed by atoms with E-state index in [0.717, 1.165) is 30.9 Å². The molecule has 1 aliphatic rings. The Bertz CT molecular complexity index is 311. The molecule has 0 aliphatic heterocycles. The van der Waals surface area contributed by atoms with Crippen LogP contribution in [-0.2, 0) is 6.54 Å². The van der Waals surface area contributed by atoms with Gasteiger partial charge in [0, 0.05) is 31.5 Å². The van der Waals surface area contributed by atoms with Crippen molar-refractivity contribution in [1.82, 2.24) is 14.9 Å². The van der Waals surface area contributed by atoms with Crippen LogP contribution >= 0.6 is 0 Å². The molecule has 0 atom stereocenters. The molecule has 1 fully saturated rings. The Kier molecular flexibility index (Phi) is 3.99. The van der Waals surface area contributed by atoms with Gasteiger partial charge in [0.05, 0.1) is 0 Å². The van der Waals surface area contributed by atoms with E-state index in [1.165, 1.54) is 25.7 Å². The minimum absolute atomic E-state index is 0.750. The highest BCUT2D eigenvalue weighted by molar-refractivity contribution is 4.88. The lowest BCUT2D eigenvalue weighted by Crippen LogP contribution is -2.34. The van der Waals surface area contributed by atoms with E-state index in [1.807, 2.05) is 6.20 Å². The maximum absolute atomic E-state index is 4.23. The predicted molar refractivity (Wildman–Crippen MR) is 66.4 cm³/mol. The monoisotopic (exact) mass is 221 g/mol. The Labute approximate surface area is 98.3 Å². The topological polar surface area (TPSA) is 29.9 Å². The molecule has 3 heteroatoms. The van der Waals surface area contributed by atoms with E-state index in [2.05, 4.69) is 34.9 Å². The maximum Gasteiger partial charge on any atom is 0.105 e. The molecule has 16 heavy (non-hydrogen) atoms. The molecular weight excluding hydrogens is 198 g/mol. The number of hydrogen-bond acceptors (Lipinski definition) is 2. The van der Waals surface area contributed by atoms with E-state index in [-0.39, 0.29) is 0 Å². The highest BCUT2D eigenvalue weighted by atomic mass is 15.1. The number of imidazole rings is 1. The van der Waals surface area contributed by atoms with Crippen LogP contribution in [0.15, 0.2) is 12.4 Å². The molecule has 1 aromatic rings. The summed E-state index contributed by atoms with van der Waals surface area (Å²) < 4.78 is 2.21. The standard InChI is InChI=1S/C13H23N3/c1-11-3-5-13(6-4-11)15-8-10-16-9-7-14-12(16)2/h7,9,11,13,15H,3-6,8,10H2,1-2H3. The first-order valence-electron chi connectivity index (χ1n) is 6.47. The zero-order valence-electron chi connectivity index (χ0n) is 10.4. The van der Waals surface area contributed by atoms with Gasteiger partial charge in [-0.25, -0.2) is 4.98 Å². The van der Waals surface area contributed by atoms with Crippen LogP contribution in [0.2, 0.25) is 0 Å². The van der Waals surface area contributed by atoms with E-state index >= 15 is 0 Å². The van der Waals surface area contributed by atoms with Crippen LogP contribution in [0, 0.1) is 12.8 Å². The largest absolute Gasteiger partial charge is 0.334 e. The first-order valence-corrected chi connectivity index (χ1v) is 6.47. The second-order valence-electron chi connectivity index (χ2n) is 5.08. The smallest absolute Gasteiger partial charge is 0.105 e. The number of hydrogen-bond donors (Lipinski definition) is 1. The fourth-order valence-electron chi connectivity index (χ4n) is 2.49. The lowest BCUT2D eigenvalue weighted by molar-refractivity contribution is 0.305. The Hall–Kier alpha value is -0.830. The van der Waals surface area contributed by atoms with Crippen molar-refractivity contribution in [3.05, 3.63) is 18.2 Å². The van der Waals surface area contributed by atoms with Crippen LogP contribution in [-0.4, -0.2) is 22.1 Å². The molecule has 0 unspecified atom stereocenters. The number of nitrogens with zero attached hydrogens (tertiary/aromatic N) is 2. The van der Waals surface area contributed by atoms with E-state index in [4.69, 9.17) is 0 Å². The van der Waals surface area contributed by atoms with Crippen molar-refractivity contribution in [3.63, 3.8) is 0 Å².